The van der Waals surface area contributed by atoms with Crippen LogP contribution in [-0.2, 0) is 9.59 Å². The lowest BCUT2D eigenvalue weighted by atomic mass is 10.1. The molecule has 0 unspecified atom stereocenters. The van der Waals surface area contributed by atoms with Crippen molar-refractivity contribution >= 4 is 44.6 Å². The van der Waals surface area contributed by atoms with E-state index in [2.05, 4.69) is 26.2 Å². The number of amides is 3. The van der Waals surface area contributed by atoms with Gasteiger partial charge in [0.05, 0.1) is 18.1 Å². The van der Waals surface area contributed by atoms with Crippen molar-refractivity contribution in [1.29, 1.82) is 0 Å². The first-order valence-electron chi connectivity index (χ1n) is 12.8. The minimum absolute atomic E-state index is 0.181. The fourth-order valence-corrected chi connectivity index (χ4v) is 6.02. The third-order valence-electron chi connectivity index (χ3n) is 7.67. The fourth-order valence-electron chi connectivity index (χ4n) is 5.38. The second-order valence-electron chi connectivity index (χ2n) is 10.1. The van der Waals surface area contributed by atoms with E-state index in [1.807, 2.05) is 30.4 Å². The number of urea groups is 1. The van der Waals surface area contributed by atoms with Gasteiger partial charge in [-0.25, -0.2) is 14.6 Å². The number of allylic oxidation sites excluding steroid dienone is 1. The van der Waals surface area contributed by atoms with Crippen LogP contribution in [0.1, 0.15) is 32.1 Å². The minimum Gasteiger partial charge on any atom is -0.496 e. The molecule has 202 valence electrons. The number of nitrogens with zero attached hydrogens (tertiary/aromatic N) is 3. The van der Waals surface area contributed by atoms with E-state index in [0.717, 1.165) is 34.5 Å². The number of carbonyl (C=O) groups excluding carboxylic acids is 2. The average molecular weight is 587 g/mol. The topological polar surface area (TPSA) is 121 Å². The fraction of sp³-hybridized carbons (Fsp3) is 0.481. The lowest BCUT2D eigenvalue weighted by Crippen LogP contribution is -2.54. The molecule has 1 aromatic carbocycles. The molecular formula is C27H31BrN4O6. The second kappa shape index (κ2) is 10.4. The van der Waals surface area contributed by atoms with Crippen molar-refractivity contribution in [2.75, 3.05) is 27.2 Å². The number of methoxy groups -OCH3 is 1. The van der Waals surface area contributed by atoms with Crippen molar-refractivity contribution in [3.8, 4) is 11.6 Å². The first kappa shape index (κ1) is 26.3. The van der Waals surface area contributed by atoms with Crippen molar-refractivity contribution in [3.05, 3.63) is 41.0 Å². The molecule has 0 spiro atoms. The van der Waals surface area contributed by atoms with Crippen LogP contribution in [-0.4, -0.2) is 82.7 Å². The van der Waals surface area contributed by atoms with Crippen LogP contribution in [0, 0.1) is 5.92 Å². The maximum Gasteiger partial charge on any atom is 0.330 e. The van der Waals surface area contributed by atoms with Gasteiger partial charge in [-0.1, -0.05) is 12.2 Å². The second-order valence-corrected chi connectivity index (χ2v) is 10.9. The van der Waals surface area contributed by atoms with Crippen LogP contribution in [0.5, 0.6) is 11.6 Å². The van der Waals surface area contributed by atoms with E-state index >= 15 is 0 Å². The highest BCUT2D eigenvalue weighted by molar-refractivity contribution is 9.10. The van der Waals surface area contributed by atoms with Crippen LogP contribution < -0.4 is 14.8 Å². The van der Waals surface area contributed by atoms with Gasteiger partial charge in [0.25, 0.3) is 0 Å². The number of ether oxygens (including phenoxy) is 2. The molecule has 11 heteroatoms. The van der Waals surface area contributed by atoms with Gasteiger partial charge >= 0.3 is 12.0 Å². The van der Waals surface area contributed by atoms with E-state index < -0.39 is 29.6 Å². The molecule has 1 saturated carbocycles. The molecule has 1 aromatic heterocycles. The maximum absolute atomic E-state index is 13.5. The molecule has 0 radical (unpaired) electrons. The Hall–Kier alpha value is -3.34. The Kier molecular flexibility index (Phi) is 7.21. The van der Waals surface area contributed by atoms with Crippen molar-refractivity contribution in [2.24, 2.45) is 5.92 Å². The molecule has 5 rings (SSSR count). The number of halogens is 1. The Balaban J connectivity index is 1.42. The number of pyridine rings is 1. The van der Waals surface area contributed by atoms with Gasteiger partial charge in [-0.2, -0.15) is 0 Å². The molecule has 1 aliphatic carbocycles. The third kappa shape index (κ3) is 4.79. The molecule has 38 heavy (non-hydrogen) atoms. The normalized spacial score (nSPS) is 28.7. The SMILES string of the molecule is COc1ccc2c(O[C@@H]3C[C@H]4C(=O)N[C@]5(C(=O)O)C[C@H]5/C=C\CCCCN(C)C(=O)N4C3)nccc2c1Br. The van der Waals surface area contributed by atoms with Gasteiger partial charge < -0.3 is 29.7 Å². The van der Waals surface area contributed by atoms with Crippen LogP contribution in [0.3, 0.4) is 0 Å². The monoisotopic (exact) mass is 586 g/mol. The summed E-state index contributed by atoms with van der Waals surface area (Å²) >= 11 is 3.57. The molecule has 4 atom stereocenters. The summed E-state index contributed by atoms with van der Waals surface area (Å²) in [6, 6.07) is 4.38. The molecule has 3 heterocycles. The molecule has 3 amide bonds. The van der Waals surface area contributed by atoms with Gasteiger partial charge in [0.1, 0.15) is 23.4 Å². The number of carboxylic acids is 1. The van der Waals surface area contributed by atoms with E-state index in [1.54, 1.807) is 25.3 Å². The van der Waals surface area contributed by atoms with E-state index in [4.69, 9.17) is 9.47 Å². The predicted octanol–water partition coefficient (Wildman–Crippen LogP) is 3.58. The zero-order valence-corrected chi connectivity index (χ0v) is 22.9. The zero-order valence-electron chi connectivity index (χ0n) is 21.4. The quantitative estimate of drug-likeness (QED) is 0.525. The Morgan fingerprint density at radius 1 is 1.24 bits per heavy atom. The number of aliphatic carboxylic acids is 1. The largest absolute Gasteiger partial charge is 0.496 e. The number of hydrogen-bond donors (Lipinski definition) is 2. The summed E-state index contributed by atoms with van der Waals surface area (Å²) < 4.78 is 12.5. The average Bonchev–Trinajstić information content (AvgIpc) is 3.43. The van der Waals surface area contributed by atoms with Crippen molar-refractivity contribution in [2.45, 2.75) is 49.8 Å². The van der Waals surface area contributed by atoms with Crippen molar-refractivity contribution in [1.82, 2.24) is 20.1 Å². The van der Waals surface area contributed by atoms with E-state index in [1.165, 1.54) is 4.90 Å². The molecule has 2 aromatic rings. The summed E-state index contributed by atoms with van der Waals surface area (Å²) in [5.41, 5.74) is -1.33. The molecule has 10 nitrogen and oxygen atoms in total. The Labute approximate surface area is 229 Å². The lowest BCUT2D eigenvalue weighted by Gasteiger charge is -2.29. The predicted molar refractivity (Wildman–Crippen MR) is 143 cm³/mol. The van der Waals surface area contributed by atoms with E-state index in [9.17, 15) is 19.5 Å². The number of carboxylic acid groups (broad SMARTS) is 1. The summed E-state index contributed by atoms with van der Waals surface area (Å²) in [7, 11) is 3.32. The zero-order chi connectivity index (χ0) is 27.0. The third-order valence-corrected chi connectivity index (χ3v) is 8.49. The number of hydrogen-bond acceptors (Lipinski definition) is 6. The van der Waals surface area contributed by atoms with Gasteiger partial charge in [-0.05, 0) is 59.8 Å². The van der Waals surface area contributed by atoms with Crippen LogP contribution in [0.4, 0.5) is 4.79 Å². The highest BCUT2D eigenvalue weighted by Crippen LogP contribution is 2.45. The van der Waals surface area contributed by atoms with Gasteiger partial charge in [0, 0.05) is 42.9 Å². The maximum atomic E-state index is 13.5. The summed E-state index contributed by atoms with van der Waals surface area (Å²) in [6.07, 6.45) is 8.05. The first-order valence-corrected chi connectivity index (χ1v) is 13.6. The molecular weight excluding hydrogens is 556 g/mol. The molecule has 2 N–H and O–H groups in total. The number of rotatable bonds is 4. The number of carbonyl (C=O) groups is 3. The number of nitrogens with one attached hydrogen (secondary N) is 1. The van der Waals surface area contributed by atoms with E-state index in [-0.39, 0.29) is 24.9 Å². The van der Waals surface area contributed by atoms with Crippen molar-refractivity contribution < 1.29 is 29.0 Å². The summed E-state index contributed by atoms with van der Waals surface area (Å²) in [6.45, 7) is 0.742. The number of fused-ring (bicyclic) bond motifs is 3. The van der Waals surface area contributed by atoms with Crippen LogP contribution in [0.25, 0.3) is 10.8 Å². The van der Waals surface area contributed by atoms with E-state index in [0.29, 0.717) is 24.6 Å². The highest BCUT2D eigenvalue weighted by atomic mass is 79.9. The molecule has 0 bridgehead atoms. The van der Waals surface area contributed by atoms with Crippen LogP contribution in [0.15, 0.2) is 41.0 Å². The molecule has 2 aliphatic heterocycles. The van der Waals surface area contributed by atoms with Gasteiger partial charge in [-0.3, -0.25) is 4.79 Å². The summed E-state index contributed by atoms with van der Waals surface area (Å²) in [5, 5.41) is 14.3. The molecule has 3 aliphatic rings. The summed E-state index contributed by atoms with van der Waals surface area (Å²) in [5.74, 6) is -0.738. The number of benzene rings is 1. The Morgan fingerprint density at radius 3 is 2.82 bits per heavy atom. The van der Waals surface area contributed by atoms with Crippen LogP contribution >= 0.6 is 15.9 Å². The van der Waals surface area contributed by atoms with Crippen molar-refractivity contribution in [3.63, 3.8) is 0 Å². The number of aromatic nitrogens is 1. The Bertz CT molecular complexity index is 1300. The summed E-state index contributed by atoms with van der Waals surface area (Å²) in [4.78, 5) is 46.6. The van der Waals surface area contributed by atoms with Gasteiger partial charge in [0.15, 0.2) is 0 Å². The van der Waals surface area contributed by atoms with Gasteiger partial charge in [0.2, 0.25) is 11.8 Å². The molecule has 2 fully saturated rings. The first-order chi connectivity index (χ1) is 18.2. The van der Waals surface area contributed by atoms with Gasteiger partial charge in [-0.15, -0.1) is 0 Å². The Morgan fingerprint density at radius 2 is 2.05 bits per heavy atom. The highest BCUT2D eigenvalue weighted by Gasteiger charge is 2.61. The minimum atomic E-state index is -1.33. The van der Waals surface area contributed by atoms with Crippen LogP contribution in [0.2, 0.25) is 0 Å². The lowest BCUT2D eigenvalue weighted by molar-refractivity contribution is -0.144. The standard InChI is InChI=1S/C27H31BrN4O6/c1-31-12-6-4-3-5-7-16-14-27(16,25(34)35)30-23(33)20-13-17(15-32(20)26(31)36)38-24-19-8-9-21(37-2)22(28)18(19)10-11-29-24/h5,7-11,16-17,20H,3-4,6,12-15H2,1-2H3,(H,30,33)(H,34,35)/b7-5-/t16-,17-,20+,27-/m1/s1. The smallest absolute Gasteiger partial charge is 0.330 e. The molecule has 1 saturated heterocycles.